The molecule has 0 aliphatic heterocycles. The number of carbonyl (C=O) groups is 1. The summed E-state index contributed by atoms with van der Waals surface area (Å²) in [4.78, 5) is 13.6. The van der Waals surface area contributed by atoms with Gasteiger partial charge in [0.2, 0.25) is 0 Å². The Morgan fingerprint density at radius 1 is 1.45 bits per heavy atom. The fraction of sp³-hybridized carbons (Fsp3) is 0.933. The highest BCUT2D eigenvalue weighted by atomic mass is 19.1. The average molecular weight is 287 g/mol. The highest BCUT2D eigenvalue weighted by molar-refractivity contribution is 5.70. The van der Waals surface area contributed by atoms with Crippen molar-refractivity contribution in [2.24, 2.45) is 0 Å². The molecule has 2 aliphatic rings. The van der Waals surface area contributed by atoms with Crippen LogP contribution in [0.3, 0.4) is 0 Å². The molecule has 2 rings (SSSR count). The first-order valence-electron chi connectivity index (χ1n) is 7.41. The second-order valence-corrected chi connectivity index (χ2v) is 7.23. The van der Waals surface area contributed by atoms with Crippen molar-refractivity contribution in [3.05, 3.63) is 0 Å². The van der Waals surface area contributed by atoms with E-state index in [1.807, 2.05) is 32.7 Å². The van der Waals surface area contributed by atoms with Crippen LogP contribution >= 0.6 is 0 Å². The van der Waals surface area contributed by atoms with Crippen molar-refractivity contribution in [1.29, 1.82) is 0 Å². The van der Waals surface area contributed by atoms with E-state index >= 15 is 0 Å². The van der Waals surface area contributed by atoms with E-state index in [0.29, 0.717) is 19.4 Å². The fourth-order valence-corrected chi connectivity index (χ4v) is 3.71. The zero-order valence-electron chi connectivity index (χ0n) is 12.9. The van der Waals surface area contributed by atoms with Crippen LogP contribution in [0.2, 0.25) is 0 Å². The van der Waals surface area contributed by atoms with Crippen LogP contribution in [0.15, 0.2) is 0 Å². The molecule has 0 amide bonds. The highest BCUT2D eigenvalue weighted by Gasteiger charge is 2.70. The quantitative estimate of drug-likeness (QED) is 0.804. The number of aliphatic hydroxyl groups excluding tert-OH is 1. The number of rotatable bonds is 4. The summed E-state index contributed by atoms with van der Waals surface area (Å²) < 4.78 is 20.0. The van der Waals surface area contributed by atoms with E-state index in [2.05, 4.69) is 0 Å². The average Bonchev–Trinajstić information content (AvgIpc) is 2.58. The summed E-state index contributed by atoms with van der Waals surface area (Å²) in [6.07, 6.45) is 1.84. The fourth-order valence-electron chi connectivity index (χ4n) is 3.71. The molecule has 2 saturated carbocycles. The number of ether oxygens (including phenoxy) is 1. The molecule has 0 spiro atoms. The molecule has 0 aromatic carbocycles. The maximum Gasteiger partial charge on any atom is 0.307 e. The first-order chi connectivity index (χ1) is 9.11. The molecule has 0 heterocycles. The van der Waals surface area contributed by atoms with Gasteiger partial charge in [-0.3, -0.25) is 9.69 Å². The molecule has 20 heavy (non-hydrogen) atoms. The lowest BCUT2D eigenvalue weighted by Gasteiger charge is -2.58. The molecule has 0 aromatic rings. The number of fused-ring (bicyclic) bond motifs is 1. The van der Waals surface area contributed by atoms with Gasteiger partial charge in [0.15, 0.2) is 5.67 Å². The summed E-state index contributed by atoms with van der Waals surface area (Å²) in [7, 11) is 1.84. The Balaban J connectivity index is 1.90. The molecular formula is C15H26FNO3. The summed E-state index contributed by atoms with van der Waals surface area (Å²) in [6.45, 7) is 5.96. The van der Waals surface area contributed by atoms with Gasteiger partial charge in [0.05, 0.1) is 18.1 Å². The highest BCUT2D eigenvalue weighted by Crippen LogP contribution is 2.59. The predicted molar refractivity (Wildman–Crippen MR) is 74.1 cm³/mol. The standard InChI is InChI=1S/C15H26FNO3/c1-13(2,3)20-12(19)6-9-17(4)14-7-5-8-15(14,16)11(18)10-14/h11,18H,5-10H2,1-4H3/t11-,14+,15-/m0/s1. The zero-order chi connectivity index (χ0) is 15.2. The molecule has 0 unspecified atom stereocenters. The van der Waals surface area contributed by atoms with Gasteiger partial charge in [-0.15, -0.1) is 0 Å². The number of hydrogen-bond donors (Lipinski definition) is 1. The van der Waals surface area contributed by atoms with Crippen molar-refractivity contribution in [1.82, 2.24) is 4.90 Å². The molecule has 0 bridgehead atoms. The maximum atomic E-state index is 14.8. The van der Waals surface area contributed by atoms with Crippen LogP contribution in [0.5, 0.6) is 0 Å². The number of hydrogen-bond acceptors (Lipinski definition) is 4. The minimum Gasteiger partial charge on any atom is -0.460 e. The van der Waals surface area contributed by atoms with Crippen LogP contribution in [-0.4, -0.2) is 52.5 Å². The lowest BCUT2D eigenvalue weighted by molar-refractivity contribution is -0.195. The van der Waals surface area contributed by atoms with Gasteiger partial charge in [-0.25, -0.2) is 4.39 Å². The first kappa shape index (κ1) is 15.7. The monoisotopic (exact) mass is 287 g/mol. The van der Waals surface area contributed by atoms with Gasteiger partial charge in [0.25, 0.3) is 0 Å². The molecular weight excluding hydrogens is 261 g/mol. The predicted octanol–water partition coefficient (Wildman–Crippen LogP) is 2.05. The van der Waals surface area contributed by atoms with E-state index in [1.54, 1.807) is 0 Å². The van der Waals surface area contributed by atoms with Crippen molar-refractivity contribution < 1.29 is 19.0 Å². The number of esters is 1. The van der Waals surface area contributed by atoms with Gasteiger partial charge >= 0.3 is 5.97 Å². The van der Waals surface area contributed by atoms with Crippen LogP contribution < -0.4 is 0 Å². The lowest BCUT2D eigenvalue weighted by Crippen LogP contribution is -2.73. The SMILES string of the molecule is CN(CCC(=O)OC(C)(C)C)[C@@]12CCC[C@]1(F)[C@@H](O)C2. The van der Waals surface area contributed by atoms with E-state index in [4.69, 9.17) is 4.74 Å². The van der Waals surface area contributed by atoms with Crippen LogP contribution in [0.4, 0.5) is 4.39 Å². The summed E-state index contributed by atoms with van der Waals surface area (Å²) in [5.74, 6) is -0.261. The van der Waals surface area contributed by atoms with Crippen molar-refractivity contribution in [3.63, 3.8) is 0 Å². The van der Waals surface area contributed by atoms with Crippen LogP contribution in [0, 0.1) is 0 Å². The van der Waals surface area contributed by atoms with Crippen molar-refractivity contribution in [2.45, 2.75) is 75.8 Å². The second kappa shape index (κ2) is 4.95. The van der Waals surface area contributed by atoms with Gasteiger partial charge in [0, 0.05) is 6.54 Å². The Kier molecular flexibility index (Phi) is 3.89. The smallest absolute Gasteiger partial charge is 0.307 e. The van der Waals surface area contributed by atoms with E-state index in [9.17, 15) is 14.3 Å². The van der Waals surface area contributed by atoms with Crippen molar-refractivity contribution in [3.8, 4) is 0 Å². The van der Waals surface area contributed by atoms with E-state index in [1.165, 1.54) is 0 Å². The Bertz CT molecular complexity index is 395. The molecule has 2 fully saturated rings. The lowest BCUT2D eigenvalue weighted by atomic mass is 9.63. The molecule has 2 aliphatic carbocycles. The third-order valence-electron chi connectivity index (χ3n) is 4.77. The molecule has 4 nitrogen and oxygen atoms in total. The minimum atomic E-state index is -1.49. The van der Waals surface area contributed by atoms with Crippen LogP contribution in [-0.2, 0) is 9.53 Å². The Morgan fingerprint density at radius 3 is 2.65 bits per heavy atom. The maximum absolute atomic E-state index is 14.8. The molecule has 3 atom stereocenters. The minimum absolute atomic E-state index is 0.252. The molecule has 116 valence electrons. The van der Waals surface area contributed by atoms with Crippen molar-refractivity contribution >= 4 is 5.97 Å². The zero-order valence-corrected chi connectivity index (χ0v) is 12.9. The van der Waals surface area contributed by atoms with Crippen molar-refractivity contribution in [2.75, 3.05) is 13.6 Å². The van der Waals surface area contributed by atoms with E-state index in [0.717, 1.165) is 12.8 Å². The number of halogens is 1. The third-order valence-corrected chi connectivity index (χ3v) is 4.77. The number of nitrogens with zero attached hydrogens (tertiary/aromatic N) is 1. The normalized spacial score (nSPS) is 36.6. The Labute approximate surface area is 120 Å². The summed E-state index contributed by atoms with van der Waals surface area (Å²) in [5.41, 5.74) is -2.55. The topological polar surface area (TPSA) is 49.8 Å². The van der Waals surface area contributed by atoms with E-state index in [-0.39, 0.29) is 12.4 Å². The molecule has 1 N–H and O–H groups in total. The third kappa shape index (κ3) is 2.46. The Hall–Kier alpha value is -0.680. The van der Waals surface area contributed by atoms with Crippen LogP contribution in [0.1, 0.15) is 52.9 Å². The first-order valence-corrected chi connectivity index (χ1v) is 7.41. The summed E-state index contributed by atoms with van der Waals surface area (Å²) >= 11 is 0. The van der Waals surface area contributed by atoms with Crippen LogP contribution in [0.25, 0.3) is 0 Å². The van der Waals surface area contributed by atoms with Gasteiger partial charge in [-0.05, 0) is 53.5 Å². The molecule has 5 heteroatoms. The second-order valence-electron chi connectivity index (χ2n) is 7.23. The molecule has 0 saturated heterocycles. The van der Waals surface area contributed by atoms with E-state index < -0.39 is 22.9 Å². The Morgan fingerprint density at radius 2 is 2.10 bits per heavy atom. The van der Waals surface area contributed by atoms with Gasteiger partial charge in [0.1, 0.15) is 5.60 Å². The van der Waals surface area contributed by atoms with Gasteiger partial charge in [-0.2, -0.15) is 0 Å². The van der Waals surface area contributed by atoms with Gasteiger partial charge in [-0.1, -0.05) is 0 Å². The summed E-state index contributed by atoms with van der Waals surface area (Å²) in [5, 5.41) is 9.73. The summed E-state index contributed by atoms with van der Waals surface area (Å²) in [6, 6.07) is 0. The number of alkyl halides is 1. The van der Waals surface area contributed by atoms with Gasteiger partial charge < -0.3 is 9.84 Å². The largest absolute Gasteiger partial charge is 0.460 e. The number of carbonyl (C=O) groups excluding carboxylic acids is 1. The molecule has 0 aromatic heterocycles. The molecule has 0 radical (unpaired) electrons. The number of aliphatic hydroxyl groups is 1.